The van der Waals surface area contributed by atoms with Gasteiger partial charge in [0, 0.05) is 5.02 Å². The summed E-state index contributed by atoms with van der Waals surface area (Å²) in [7, 11) is 1.17. The van der Waals surface area contributed by atoms with Gasteiger partial charge in [-0.1, -0.05) is 35.9 Å². The van der Waals surface area contributed by atoms with Gasteiger partial charge < -0.3 is 9.47 Å². The Morgan fingerprint density at radius 1 is 0.929 bits per heavy atom. The molecule has 0 amide bonds. The third-order valence-electron chi connectivity index (χ3n) is 3.43. The highest BCUT2D eigenvalue weighted by atomic mass is 35.5. The summed E-state index contributed by atoms with van der Waals surface area (Å²) >= 11 is 5.81. The third-order valence-corrected chi connectivity index (χ3v) is 3.68. The molecule has 0 spiro atoms. The van der Waals surface area contributed by atoms with E-state index in [4.69, 9.17) is 21.6 Å². The molecule has 0 saturated carbocycles. The molecule has 0 heterocycles. The molecule has 138 valence electrons. The summed E-state index contributed by atoms with van der Waals surface area (Å²) in [4.78, 5) is 23.8. The summed E-state index contributed by atoms with van der Waals surface area (Å²) in [6, 6.07) is 16.3. The molecule has 2 aromatic carbocycles. The standard InChI is InChI=1S/C21H13ClN2O4/c1-27-20(25)16(12-23)10-15-3-2-4-19(11-15)28-21(26)17(13-24)9-14-5-7-18(22)8-6-14/h2-11H,1H3/b16-10+,17-9+. The van der Waals surface area contributed by atoms with Crippen LogP contribution in [0.15, 0.2) is 59.7 Å². The van der Waals surface area contributed by atoms with E-state index in [-0.39, 0.29) is 16.9 Å². The van der Waals surface area contributed by atoms with Crippen molar-refractivity contribution in [2.75, 3.05) is 7.11 Å². The Labute approximate surface area is 166 Å². The third kappa shape index (κ3) is 5.57. The molecule has 0 aliphatic rings. The van der Waals surface area contributed by atoms with E-state index >= 15 is 0 Å². The van der Waals surface area contributed by atoms with Crippen molar-refractivity contribution in [1.82, 2.24) is 0 Å². The zero-order valence-electron chi connectivity index (χ0n) is 14.7. The number of nitriles is 2. The van der Waals surface area contributed by atoms with Crippen molar-refractivity contribution >= 4 is 35.7 Å². The summed E-state index contributed by atoms with van der Waals surface area (Å²) in [5.74, 6) is -1.47. The molecule has 2 rings (SSSR count). The fraction of sp³-hybridized carbons (Fsp3) is 0.0476. The predicted molar refractivity (Wildman–Crippen MR) is 103 cm³/mol. The number of hydrogen-bond donors (Lipinski definition) is 0. The van der Waals surface area contributed by atoms with Crippen LogP contribution >= 0.6 is 11.6 Å². The number of carbonyl (C=O) groups is 2. The number of carbonyl (C=O) groups excluding carboxylic acids is 2. The Bertz CT molecular complexity index is 1040. The van der Waals surface area contributed by atoms with Crippen LogP contribution in [0.4, 0.5) is 0 Å². The highest BCUT2D eigenvalue weighted by Crippen LogP contribution is 2.19. The first kappa shape index (κ1) is 20.4. The lowest BCUT2D eigenvalue weighted by atomic mass is 10.1. The number of benzene rings is 2. The number of ether oxygens (including phenoxy) is 2. The van der Waals surface area contributed by atoms with E-state index in [9.17, 15) is 14.9 Å². The average Bonchev–Trinajstić information content (AvgIpc) is 2.71. The molecule has 0 aromatic heterocycles. The molecule has 0 bridgehead atoms. The lowest BCUT2D eigenvalue weighted by Crippen LogP contribution is -2.10. The number of methoxy groups -OCH3 is 1. The monoisotopic (exact) mass is 392 g/mol. The molecule has 0 saturated heterocycles. The van der Waals surface area contributed by atoms with Crippen LogP contribution in [0.25, 0.3) is 12.2 Å². The van der Waals surface area contributed by atoms with E-state index in [1.54, 1.807) is 48.5 Å². The van der Waals surface area contributed by atoms with E-state index in [2.05, 4.69) is 4.74 Å². The van der Waals surface area contributed by atoms with E-state index < -0.39 is 11.9 Å². The van der Waals surface area contributed by atoms with Gasteiger partial charge in [-0.2, -0.15) is 10.5 Å². The lowest BCUT2D eigenvalue weighted by Gasteiger charge is -2.05. The molecule has 6 nitrogen and oxygen atoms in total. The minimum atomic E-state index is -0.841. The number of esters is 2. The van der Waals surface area contributed by atoms with Crippen molar-refractivity contribution in [2.24, 2.45) is 0 Å². The van der Waals surface area contributed by atoms with Gasteiger partial charge in [0.25, 0.3) is 0 Å². The Hall–Kier alpha value is -3.87. The molecule has 0 aliphatic carbocycles. The zero-order chi connectivity index (χ0) is 20.5. The van der Waals surface area contributed by atoms with Crippen molar-refractivity contribution < 1.29 is 19.1 Å². The highest BCUT2D eigenvalue weighted by molar-refractivity contribution is 6.30. The SMILES string of the molecule is COC(=O)/C(C#N)=C/c1cccc(OC(=O)/C(C#N)=C/c2ccc(Cl)cc2)c1. The maximum Gasteiger partial charge on any atom is 0.354 e. The van der Waals surface area contributed by atoms with Gasteiger partial charge in [-0.15, -0.1) is 0 Å². The quantitative estimate of drug-likeness (QED) is 0.330. The largest absolute Gasteiger partial charge is 0.465 e. The van der Waals surface area contributed by atoms with Crippen LogP contribution in [-0.4, -0.2) is 19.0 Å². The fourth-order valence-electron chi connectivity index (χ4n) is 2.11. The molecule has 0 unspecified atom stereocenters. The van der Waals surface area contributed by atoms with Gasteiger partial charge in [0.05, 0.1) is 7.11 Å². The maximum atomic E-state index is 12.3. The summed E-state index contributed by atoms with van der Waals surface area (Å²) in [6.07, 6.45) is 2.69. The number of rotatable bonds is 5. The molecule has 0 N–H and O–H groups in total. The van der Waals surface area contributed by atoms with Crippen LogP contribution in [0, 0.1) is 22.7 Å². The second-order valence-corrected chi connectivity index (χ2v) is 5.78. The molecule has 0 atom stereocenters. The van der Waals surface area contributed by atoms with Crippen LogP contribution in [0.2, 0.25) is 5.02 Å². The molecule has 0 fully saturated rings. The second-order valence-electron chi connectivity index (χ2n) is 5.34. The Morgan fingerprint density at radius 2 is 1.54 bits per heavy atom. The van der Waals surface area contributed by atoms with Crippen molar-refractivity contribution in [2.45, 2.75) is 0 Å². The lowest BCUT2D eigenvalue weighted by molar-refractivity contribution is -0.135. The first-order valence-electron chi connectivity index (χ1n) is 7.86. The molecular weight excluding hydrogens is 380 g/mol. The topological polar surface area (TPSA) is 100 Å². The summed E-state index contributed by atoms with van der Waals surface area (Å²) in [5, 5.41) is 18.8. The van der Waals surface area contributed by atoms with E-state index in [0.717, 1.165) is 0 Å². The van der Waals surface area contributed by atoms with E-state index in [1.807, 2.05) is 0 Å². The molecule has 7 heteroatoms. The van der Waals surface area contributed by atoms with Crippen LogP contribution in [0.5, 0.6) is 5.75 Å². The first-order valence-corrected chi connectivity index (χ1v) is 8.24. The molecule has 0 radical (unpaired) electrons. The summed E-state index contributed by atoms with van der Waals surface area (Å²) in [5.41, 5.74) is 0.667. The molecular formula is C21H13ClN2O4. The van der Waals surface area contributed by atoms with Crippen LogP contribution in [-0.2, 0) is 14.3 Å². The van der Waals surface area contributed by atoms with Gasteiger partial charge in [-0.25, -0.2) is 9.59 Å². The summed E-state index contributed by atoms with van der Waals surface area (Å²) < 4.78 is 9.74. The van der Waals surface area contributed by atoms with Crippen molar-refractivity contribution in [3.8, 4) is 17.9 Å². The minimum absolute atomic E-state index is 0.151. The van der Waals surface area contributed by atoms with E-state index in [0.29, 0.717) is 16.1 Å². The molecule has 0 aliphatic heterocycles. The van der Waals surface area contributed by atoms with Gasteiger partial charge in [-0.3, -0.25) is 0 Å². The van der Waals surface area contributed by atoms with Gasteiger partial charge in [-0.05, 0) is 47.5 Å². The van der Waals surface area contributed by atoms with Gasteiger partial charge in [0.15, 0.2) is 0 Å². The van der Waals surface area contributed by atoms with E-state index in [1.165, 1.54) is 31.4 Å². The number of hydrogen-bond acceptors (Lipinski definition) is 6. The van der Waals surface area contributed by atoms with Crippen molar-refractivity contribution in [3.63, 3.8) is 0 Å². The molecule has 28 heavy (non-hydrogen) atoms. The normalized spacial score (nSPS) is 11.1. The smallest absolute Gasteiger partial charge is 0.354 e. The number of halogens is 1. The van der Waals surface area contributed by atoms with Gasteiger partial charge in [0.1, 0.15) is 29.0 Å². The predicted octanol–water partition coefficient (Wildman–Crippen LogP) is 3.93. The zero-order valence-corrected chi connectivity index (χ0v) is 15.4. The van der Waals surface area contributed by atoms with Crippen LogP contribution in [0.3, 0.4) is 0 Å². The van der Waals surface area contributed by atoms with Crippen LogP contribution < -0.4 is 4.74 Å². The Morgan fingerprint density at radius 3 is 2.14 bits per heavy atom. The fourth-order valence-corrected chi connectivity index (χ4v) is 2.23. The van der Waals surface area contributed by atoms with Crippen molar-refractivity contribution in [1.29, 1.82) is 10.5 Å². The maximum absolute atomic E-state index is 12.3. The highest BCUT2D eigenvalue weighted by Gasteiger charge is 2.13. The summed E-state index contributed by atoms with van der Waals surface area (Å²) in [6.45, 7) is 0. The van der Waals surface area contributed by atoms with Gasteiger partial charge in [0.2, 0.25) is 0 Å². The van der Waals surface area contributed by atoms with Crippen molar-refractivity contribution in [3.05, 3.63) is 75.8 Å². The number of nitrogens with zero attached hydrogens (tertiary/aromatic N) is 2. The Kier molecular flexibility index (Phi) is 7.10. The molecule has 2 aromatic rings. The second kappa shape index (κ2) is 9.72. The Balaban J connectivity index is 2.23. The minimum Gasteiger partial charge on any atom is -0.465 e. The van der Waals surface area contributed by atoms with Gasteiger partial charge >= 0.3 is 11.9 Å². The average molecular weight is 393 g/mol. The first-order chi connectivity index (χ1) is 13.5. The van der Waals surface area contributed by atoms with Crippen LogP contribution in [0.1, 0.15) is 11.1 Å².